The first-order chi connectivity index (χ1) is 14.5. The summed E-state index contributed by atoms with van der Waals surface area (Å²) in [6.45, 7) is 7.64. The van der Waals surface area contributed by atoms with Crippen LogP contribution in [0.3, 0.4) is 0 Å². The predicted octanol–water partition coefficient (Wildman–Crippen LogP) is 4.28. The van der Waals surface area contributed by atoms with Crippen molar-refractivity contribution in [2.24, 2.45) is 0 Å². The molecule has 1 N–H and O–H groups in total. The summed E-state index contributed by atoms with van der Waals surface area (Å²) in [4.78, 5) is 24.5. The van der Waals surface area contributed by atoms with Crippen molar-refractivity contribution in [3.63, 3.8) is 0 Å². The molecule has 1 saturated heterocycles. The monoisotopic (exact) mass is 422 g/mol. The maximum atomic E-state index is 12.5. The second-order valence-electron chi connectivity index (χ2n) is 7.71. The molecule has 1 fully saturated rings. The van der Waals surface area contributed by atoms with Crippen LogP contribution in [0.4, 0.5) is 11.5 Å². The number of thioether (sulfide) groups is 1. The largest absolute Gasteiger partial charge is 0.372 e. The summed E-state index contributed by atoms with van der Waals surface area (Å²) in [7, 11) is 0. The molecule has 0 radical (unpaired) electrons. The second-order valence-corrected chi connectivity index (χ2v) is 8.67. The van der Waals surface area contributed by atoms with Crippen molar-refractivity contribution in [3.8, 4) is 0 Å². The Balaban J connectivity index is 1.56. The Labute approximate surface area is 181 Å². The molecule has 1 amide bonds. The van der Waals surface area contributed by atoms with Crippen LogP contribution in [0.1, 0.15) is 19.4 Å². The maximum Gasteiger partial charge on any atom is 0.234 e. The SMILES string of the molecule is Cc1cccc(NC(=O)CSc2nc3ccccc3nc2N2C[C@@H](C)O[C@H](C)C2)c1. The van der Waals surface area contributed by atoms with Gasteiger partial charge in [-0.25, -0.2) is 9.97 Å². The summed E-state index contributed by atoms with van der Waals surface area (Å²) in [5, 5.41) is 3.73. The highest BCUT2D eigenvalue weighted by molar-refractivity contribution is 8.00. The van der Waals surface area contributed by atoms with E-state index in [4.69, 9.17) is 14.7 Å². The second kappa shape index (κ2) is 9.02. The van der Waals surface area contributed by atoms with Crippen LogP contribution in [0.25, 0.3) is 11.0 Å². The van der Waals surface area contributed by atoms with E-state index in [1.165, 1.54) is 11.8 Å². The summed E-state index contributed by atoms with van der Waals surface area (Å²) in [6.07, 6.45) is 0.231. The Morgan fingerprint density at radius 3 is 2.50 bits per heavy atom. The van der Waals surface area contributed by atoms with Gasteiger partial charge in [0, 0.05) is 18.8 Å². The van der Waals surface area contributed by atoms with Gasteiger partial charge in [0.2, 0.25) is 5.91 Å². The molecule has 2 heterocycles. The number of carbonyl (C=O) groups excluding carboxylic acids is 1. The number of anilines is 2. The molecule has 7 heteroatoms. The Hall–Kier alpha value is -2.64. The summed E-state index contributed by atoms with van der Waals surface area (Å²) in [5.74, 6) is 1.03. The molecule has 4 rings (SSSR count). The van der Waals surface area contributed by atoms with E-state index in [2.05, 4.69) is 24.1 Å². The van der Waals surface area contributed by atoms with Gasteiger partial charge in [0.25, 0.3) is 0 Å². The summed E-state index contributed by atoms with van der Waals surface area (Å²) >= 11 is 1.42. The fourth-order valence-electron chi connectivity index (χ4n) is 3.68. The molecule has 1 aliphatic rings. The van der Waals surface area contributed by atoms with Gasteiger partial charge in [0.1, 0.15) is 5.03 Å². The van der Waals surface area contributed by atoms with Crippen molar-refractivity contribution >= 4 is 40.2 Å². The molecule has 3 aromatic rings. The first kappa shape index (κ1) is 20.6. The summed E-state index contributed by atoms with van der Waals surface area (Å²) < 4.78 is 5.88. The van der Waals surface area contributed by atoms with Gasteiger partial charge in [-0.3, -0.25) is 4.79 Å². The number of hydrogen-bond donors (Lipinski definition) is 1. The van der Waals surface area contributed by atoms with Crippen LogP contribution in [0.5, 0.6) is 0 Å². The molecular weight excluding hydrogens is 396 g/mol. The van der Waals surface area contributed by atoms with Crippen LogP contribution in [-0.2, 0) is 9.53 Å². The van der Waals surface area contributed by atoms with Gasteiger partial charge in [-0.2, -0.15) is 0 Å². The third-order valence-corrected chi connectivity index (χ3v) is 5.84. The number of rotatable bonds is 5. The van der Waals surface area contributed by atoms with Crippen molar-refractivity contribution in [1.29, 1.82) is 0 Å². The van der Waals surface area contributed by atoms with Crippen LogP contribution in [-0.4, -0.2) is 46.9 Å². The molecule has 1 aromatic heterocycles. The van der Waals surface area contributed by atoms with Gasteiger partial charge in [-0.15, -0.1) is 0 Å². The Morgan fingerprint density at radius 1 is 1.10 bits per heavy atom. The van der Waals surface area contributed by atoms with Crippen molar-refractivity contribution in [2.75, 3.05) is 29.1 Å². The molecule has 0 bridgehead atoms. The van der Waals surface area contributed by atoms with E-state index in [0.717, 1.165) is 46.2 Å². The fraction of sp³-hybridized carbons (Fsp3) is 0.348. The zero-order valence-corrected chi connectivity index (χ0v) is 18.3. The molecule has 30 heavy (non-hydrogen) atoms. The van der Waals surface area contributed by atoms with E-state index in [9.17, 15) is 4.79 Å². The van der Waals surface area contributed by atoms with E-state index < -0.39 is 0 Å². The highest BCUT2D eigenvalue weighted by Gasteiger charge is 2.26. The van der Waals surface area contributed by atoms with Gasteiger partial charge < -0.3 is 15.0 Å². The molecule has 0 aliphatic carbocycles. The molecule has 0 unspecified atom stereocenters. The molecule has 6 nitrogen and oxygen atoms in total. The molecule has 156 valence electrons. The minimum absolute atomic E-state index is 0.0600. The highest BCUT2D eigenvalue weighted by atomic mass is 32.2. The third kappa shape index (κ3) is 4.91. The highest BCUT2D eigenvalue weighted by Crippen LogP contribution is 2.31. The topological polar surface area (TPSA) is 67.4 Å². The lowest BCUT2D eigenvalue weighted by Crippen LogP contribution is -2.46. The van der Waals surface area contributed by atoms with Gasteiger partial charge in [-0.1, -0.05) is 36.0 Å². The van der Waals surface area contributed by atoms with Crippen LogP contribution in [0, 0.1) is 6.92 Å². The number of hydrogen-bond acceptors (Lipinski definition) is 6. The van der Waals surface area contributed by atoms with Crippen LogP contribution in [0.15, 0.2) is 53.6 Å². The molecule has 0 saturated carbocycles. The number of nitrogens with one attached hydrogen (secondary N) is 1. The quantitative estimate of drug-likeness (QED) is 0.619. The first-order valence-corrected chi connectivity index (χ1v) is 11.1. The number of amides is 1. The van der Waals surface area contributed by atoms with E-state index >= 15 is 0 Å². The molecule has 0 spiro atoms. The number of aromatic nitrogens is 2. The van der Waals surface area contributed by atoms with Crippen molar-refractivity contribution in [1.82, 2.24) is 9.97 Å². The smallest absolute Gasteiger partial charge is 0.234 e. The first-order valence-electron chi connectivity index (χ1n) is 10.1. The summed E-state index contributed by atoms with van der Waals surface area (Å²) in [5.41, 5.74) is 3.60. The van der Waals surface area contributed by atoms with Crippen molar-refractivity contribution in [2.45, 2.75) is 38.0 Å². The van der Waals surface area contributed by atoms with E-state index in [1.807, 2.05) is 55.5 Å². The van der Waals surface area contributed by atoms with E-state index in [0.29, 0.717) is 0 Å². The number of fused-ring (bicyclic) bond motifs is 1. The molecule has 2 atom stereocenters. The molecule has 2 aromatic carbocycles. The van der Waals surface area contributed by atoms with Crippen LogP contribution >= 0.6 is 11.8 Å². The standard InChI is InChI=1S/C23H26N4O2S/c1-15-7-6-8-18(11-15)24-21(28)14-30-23-22(27-12-16(2)29-17(3)13-27)25-19-9-4-5-10-20(19)26-23/h4-11,16-17H,12-14H2,1-3H3,(H,24,28)/t16-,17-/m1/s1. The molecule has 1 aliphatic heterocycles. The molecular formula is C23H26N4O2S. The van der Waals surface area contributed by atoms with Gasteiger partial charge in [-0.05, 0) is 50.6 Å². The summed E-state index contributed by atoms with van der Waals surface area (Å²) in [6, 6.07) is 15.6. The lowest BCUT2D eigenvalue weighted by atomic mass is 10.2. The average Bonchev–Trinajstić information content (AvgIpc) is 2.71. The lowest BCUT2D eigenvalue weighted by molar-refractivity contribution is -0.113. The number of para-hydroxylation sites is 2. The number of ether oxygens (including phenoxy) is 1. The van der Waals surface area contributed by atoms with Gasteiger partial charge in [0.15, 0.2) is 5.82 Å². The lowest BCUT2D eigenvalue weighted by Gasteiger charge is -2.36. The number of nitrogens with zero attached hydrogens (tertiary/aromatic N) is 3. The fourth-order valence-corrected chi connectivity index (χ4v) is 4.49. The minimum atomic E-state index is -0.0600. The van der Waals surface area contributed by atoms with Crippen LogP contribution in [0.2, 0.25) is 0 Å². The zero-order valence-electron chi connectivity index (χ0n) is 17.5. The Morgan fingerprint density at radius 2 is 1.80 bits per heavy atom. The Kier molecular flexibility index (Phi) is 6.20. The van der Waals surface area contributed by atoms with Gasteiger partial charge in [0.05, 0.1) is 29.0 Å². The van der Waals surface area contributed by atoms with Crippen molar-refractivity contribution in [3.05, 3.63) is 54.1 Å². The zero-order chi connectivity index (χ0) is 21.1. The predicted molar refractivity (Wildman–Crippen MR) is 122 cm³/mol. The number of aryl methyl sites for hydroxylation is 1. The Bertz CT molecular complexity index is 1050. The van der Waals surface area contributed by atoms with Crippen molar-refractivity contribution < 1.29 is 9.53 Å². The van der Waals surface area contributed by atoms with Crippen LogP contribution < -0.4 is 10.2 Å². The average molecular weight is 423 g/mol. The number of benzene rings is 2. The van der Waals surface area contributed by atoms with Gasteiger partial charge >= 0.3 is 0 Å². The van der Waals surface area contributed by atoms with E-state index in [1.54, 1.807) is 0 Å². The third-order valence-electron chi connectivity index (χ3n) is 4.88. The van der Waals surface area contributed by atoms with E-state index in [-0.39, 0.29) is 23.9 Å². The number of carbonyl (C=O) groups is 1. The number of morpholine rings is 1. The normalized spacial score (nSPS) is 19.1. The minimum Gasteiger partial charge on any atom is -0.372 e. The maximum absolute atomic E-state index is 12.5.